The Morgan fingerprint density at radius 1 is 0.867 bits per heavy atom. The SMILES string of the molecule is CC1(C)NC2=C(CCCC2)C2=C1CCC2. The van der Waals surface area contributed by atoms with Gasteiger partial charge < -0.3 is 5.32 Å². The van der Waals surface area contributed by atoms with Crippen molar-refractivity contribution in [2.45, 2.75) is 64.3 Å². The highest BCUT2D eigenvalue weighted by atomic mass is 15.0. The fourth-order valence-corrected chi connectivity index (χ4v) is 3.60. The molecule has 1 heteroatoms. The molecule has 0 amide bonds. The summed E-state index contributed by atoms with van der Waals surface area (Å²) in [6, 6.07) is 0. The summed E-state index contributed by atoms with van der Waals surface area (Å²) in [5.41, 5.74) is 6.97. The van der Waals surface area contributed by atoms with Crippen LogP contribution in [0, 0.1) is 0 Å². The average Bonchev–Trinajstić information content (AvgIpc) is 2.66. The molecule has 15 heavy (non-hydrogen) atoms. The molecule has 82 valence electrons. The van der Waals surface area contributed by atoms with Gasteiger partial charge in [0.15, 0.2) is 0 Å². The maximum atomic E-state index is 3.79. The maximum Gasteiger partial charge on any atom is 0.0532 e. The van der Waals surface area contributed by atoms with Crippen LogP contribution < -0.4 is 5.32 Å². The Morgan fingerprint density at radius 2 is 1.60 bits per heavy atom. The second-order valence-electron chi connectivity index (χ2n) is 5.72. The van der Waals surface area contributed by atoms with E-state index in [0.717, 1.165) is 0 Å². The number of hydrogen-bond acceptors (Lipinski definition) is 1. The van der Waals surface area contributed by atoms with Crippen LogP contribution in [0.3, 0.4) is 0 Å². The summed E-state index contributed by atoms with van der Waals surface area (Å²) in [4.78, 5) is 0. The van der Waals surface area contributed by atoms with Gasteiger partial charge in [0.2, 0.25) is 0 Å². The molecule has 0 bridgehead atoms. The third kappa shape index (κ3) is 1.36. The third-order valence-corrected chi connectivity index (χ3v) is 4.27. The topological polar surface area (TPSA) is 12.0 Å². The predicted octanol–water partition coefficient (Wildman–Crippen LogP) is 3.68. The van der Waals surface area contributed by atoms with Gasteiger partial charge in [0.05, 0.1) is 5.54 Å². The molecule has 0 fully saturated rings. The molecule has 0 saturated heterocycles. The lowest BCUT2D eigenvalue weighted by molar-refractivity contribution is 0.448. The Bertz CT molecular complexity index is 358. The van der Waals surface area contributed by atoms with Gasteiger partial charge in [0.25, 0.3) is 0 Å². The van der Waals surface area contributed by atoms with Gasteiger partial charge in [-0.1, -0.05) is 0 Å². The molecule has 1 aliphatic heterocycles. The summed E-state index contributed by atoms with van der Waals surface area (Å²) >= 11 is 0. The van der Waals surface area contributed by atoms with E-state index < -0.39 is 0 Å². The molecule has 0 atom stereocenters. The first-order chi connectivity index (χ1) is 7.18. The number of fused-ring (bicyclic) bond motifs is 1. The monoisotopic (exact) mass is 203 g/mol. The molecular formula is C14H21N. The van der Waals surface area contributed by atoms with Crippen molar-refractivity contribution in [1.82, 2.24) is 5.32 Å². The first kappa shape index (κ1) is 9.50. The molecule has 1 heterocycles. The van der Waals surface area contributed by atoms with Gasteiger partial charge in [-0.2, -0.15) is 0 Å². The summed E-state index contributed by atoms with van der Waals surface area (Å²) in [6.45, 7) is 4.71. The van der Waals surface area contributed by atoms with E-state index in [9.17, 15) is 0 Å². The Hall–Kier alpha value is -0.720. The van der Waals surface area contributed by atoms with Gasteiger partial charge >= 0.3 is 0 Å². The van der Waals surface area contributed by atoms with Gasteiger partial charge in [-0.3, -0.25) is 0 Å². The molecule has 0 aromatic rings. The van der Waals surface area contributed by atoms with Crippen LogP contribution in [0.1, 0.15) is 58.8 Å². The van der Waals surface area contributed by atoms with Gasteiger partial charge in [0, 0.05) is 5.70 Å². The molecule has 3 rings (SSSR count). The summed E-state index contributed by atoms with van der Waals surface area (Å²) in [5, 5.41) is 3.79. The Balaban J connectivity index is 2.08. The molecule has 0 aromatic heterocycles. The second-order valence-corrected chi connectivity index (χ2v) is 5.72. The summed E-state index contributed by atoms with van der Waals surface area (Å²) in [7, 11) is 0. The van der Waals surface area contributed by atoms with E-state index in [2.05, 4.69) is 19.2 Å². The standard InChI is InChI=1S/C14H21N/c1-14(2)12-8-5-7-10(12)11-6-3-4-9-13(11)15-14/h15H,3-9H2,1-2H3. The molecule has 0 radical (unpaired) electrons. The summed E-state index contributed by atoms with van der Waals surface area (Å²) < 4.78 is 0. The lowest BCUT2D eigenvalue weighted by Gasteiger charge is -2.39. The van der Waals surface area contributed by atoms with Crippen LogP contribution in [0.5, 0.6) is 0 Å². The van der Waals surface area contributed by atoms with Gasteiger partial charge in [-0.15, -0.1) is 0 Å². The van der Waals surface area contributed by atoms with Crippen molar-refractivity contribution in [2.24, 2.45) is 0 Å². The van der Waals surface area contributed by atoms with E-state index in [1.165, 1.54) is 44.9 Å². The highest BCUT2D eigenvalue weighted by Gasteiger charge is 2.36. The van der Waals surface area contributed by atoms with Crippen molar-refractivity contribution >= 4 is 0 Å². The molecule has 1 N–H and O–H groups in total. The van der Waals surface area contributed by atoms with Gasteiger partial charge in [-0.05, 0) is 75.5 Å². The molecule has 0 aromatic carbocycles. The first-order valence-electron chi connectivity index (χ1n) is 6.41. The number of rotatable bonds is 0. The van der Waals surface area contributed by atoms with E-state index in [4.69, 9.17) is 0 Å². The first-order valence-corrected chi connectivity index (χ1v) is 6.41. The van der Waals surface area contributed by atoms with E-state index >= 15 is 0 Å². The fraction of sp³-hybridized carbons (Fsp3) is 0.714. The Morgan fingerprint density at radius 3 is 2.47 bits per heavy atom. The van der Waals surface area contributed by atoms with Crippen molar-refractivity contribution in [3.05, 3.63) is 22.4 Å². The van der Waals surface area contributed by atoms with E-state index in [1.54, 1.807) is 22.4 Å². The summed E-state index contributed by atoms with van der Waals surface area (Å²) in [5.74, 6) is 0. The maximum absolute atomic E-state index is 3.79. The average molecular weight is 203 g/mol. The zero-order chi connectivity index (χ0) is 10.5. The van der Waals surface area contributed by atoms with Crippen molar-refractivity contribution in [3.63, 3.8) is 0 Å². The largest absolute Gasteiger partial charge is 0.379 e. The Kier molecular flexibility index (Phi) is 1.99. The zero-order valence-electron chi connectivity index (χ0n) is 9.95. The number of hydrogen-bond donors (Lipinski definition) is 1. The lowest BCUT2D eigenvalue weighted by Crippen LogP contribution is -2.44. The quantitative estimate of drug-likeness (QED) is 0.633. The fourth-order valence-electron chi connectivity index (χ4n) is 3.60. The minimum atomic E-state index is 0.238. The smallest absolute Gasteiger partial charge is 0.0532 e. The molecule has 0 spiro atoms. The zero-order valence-corrected chi connectivity index (χ0v) is 9.95. The van der Waals surface area contributed by atoms with Crippen LogP contribution in [0.25, 0.3) is 0 Å². The number of dihydropyridines is 1. The van der Waals surface area contributed by atoms with Crippen LogP contribution in [0.4, 0.5) is 0 Å². The molecule has 0 unspecified atom stereocenters. The molecule has 1 nitrogen and oxygen atoms in total. The third-order valence-electron chi connectivity index (χ3n) is 4.27. The number of allylic oxidation sites excluding steroid dienone is 3. The van der Waals surface area contributed by atoms with Crippen LogP contribution in [-0.2, 0) is 0 Å². The van der Waals surface area contributed by atoms with E-state index in [-0.39, 0.29) is 5.54 Å². The lowest BCUT2D eigenvalue weighted by atomic mass is 9.79. The van der Waals surface area contributed by atoms with Crippen molar-refractivity contribution in [2.75, 3.05) is 0 Å². The minimum Gasteiger partial charge on any atom is -0.379 e. The molecular weight excluding hydrogens is 182 g/mol. The van der Waals surface area contributed by atoms with Crippen molar-refractivity contribution in [3.8, 4) is 0 Å². The molecule has 2 aliphatic carbocycles. The minimum absolute atomic E-state index is 0.238. The highest BCUT2D eigenvalue weighted by molar-refractivity contribution is 5.49. The van der Waals surface area contributed by atoms with Crippen LogP contribution >= 0.6 is 0 Å². The second kappa shape index (κ2) is 3.13. The molecule has 0 saturated carbocycles. The number of nitrogens with one attached hydrogen (secondary N) is 1. The van der Waals surface area contributed by atoms with E-state index in [1.807, 2.05) is 0 Å². The predicted molar refractivity (Wildman–Crippen MR) is 63.6 cm³/mol. The van der Waals surface area contributed by atoms with E-state index in [0.29, 0.717) is 0 Å². The molecule has 3 aliphatic rings. The van der Waals surface area contributed by atoms with Crippen LogP contribution in [0.2, 0.25) is 0 Å². The van der Waals surface area contributed by atoms with Crippen molar-refractivity contribution in [1.29, 1.82) is 0 Å². The van der Waals surface area contributed by atoms with Crippen molar-refractivity contribution < 1.29 is 0 Å². The Labute approximate surface area is 92.6 Å². The summed E-state index contributed by atoms with van der Waals surface area (Å²) in [6.07, 6.45) is 9.45. The van der Waals surface area contributed by atoms with Crippen LogP contribution in [0.15, 0.2) is 22.4 Å². The normalized spacial score (nSPS) is 28.7. The van der Waals surface area contributed by atoms with Gasteiger partial charge in [0.1, 0.15) is 0 Å². The van der Waals surface area contributed by atoms with Crippen LogP contribution in [-0.4, -0.2) is 5.54 Å². The highest BCUT2D eigenvalue weighted by Crippen LogP contribution is 2.45. The van der Waals surface area contributed by atoms with Gasteiger partial charge in [-0.25, -0.2) is 0 Å².